The summed E-state index contributed by atoms with van der Waals surface area (Å²) in [7, 11) is 1.32. The number of anilines is 2. The second-order valence-corrected chi connectivity index (χ2v) is 6.63. The Morgan fingerprint density at radius 3 is 2.45 bits per heavy atom. The molecule has 5 nitrogen and oxygen atoms in total. The van der Waals surface area contributed by atoms with Crippen molar-refractivity contribution in [2.45, 2.75) is 13.8 Å². The maximum absolute atomic E-state index is 11.9. The molecule has 0 saturated heterocycles. The van der Waals surface area contributed by atoms with Crippen molar-refractivity contribution in [3.8, 4) is 0 Å². The van der Waals surface area contributed by atoms with Gasteiger partial charge in [0, 0.05) is 9.75 Å². The van der Waals surface area contributed by atoms with Gasteiger partial charge in [-0.2, -0.15) is 0 Å². The Labute approximate surface area is 124 Å². The minimum absolute atomic E-state index is 0.380. The second kappa shape index (κ2) is 6.06. The molecular weight excluding hydrogens is 296 g/mol. The lowest BCUT2D eigenvalue weighted by molar-refractivity contribution is 0.0607. The summed E-state index contributed by atoms with van der Waals surface area (Å²) < 4.78 is 4.70. The Balaban J connectivity index is 2.09. The summed E-state index contributed by atoms with van der Waals surface area (Å²) in [6.07, 6.45) is 0. The highest BCUT2D eigenvalue weighted by Gasteiger charge is 2.17. The quantitative estimate of drug-likeness (QED) is 0.846. The first-order chi connectivity index (χ1) is 9.49. The number of hydrogen-bond acceptors (Lipinski definition) is 5. The SMILES string of the molecule is COC(=O)c1sc(C)cc1NC(=O)Nc1ccc(C)s1. The van der Waals surface area contributed by atoms with E-state index < -0.39 is 5.97 Å². The molecule has 0 aliphatic carbocycles. The van der Waals surface area contributed by atoms with Gasteiger partial charge < -0.3 is 10.1 Å². The van der Waals surface area contributed by atoms with Crippen LogP contribution >= 0.6 is 22.7 Å². The van der Waals surface area contributed by atoms with Crippen LogP contribution in [0.3, 0.4) is 0 Å². The summed E-state index contributed by atoms with van der Waals surface area (Å²) in [5.41, 5.74) is 0.463. The molecule has 0 unspecified atom stereocenters. The number of nitrogens with one attached hydrogen (secondary N) is 2. The smallest absolute Gasteiger partial charge is 0.350 e. The highest BCUT2D eigenvalue weighted by Crippen LogP contribution is 2.28. The zero-order valence-electron chi connectivity index (χ0n) is 11.3. The number of hydrogen-bond donors (Lipinski definition) is 2. The van der Waals surface area contributed by atoms with Crippen LogP contribution < -0.4 is 10.6 Å². The molecule has 2 aromatic rings. The number of rotatable bonds is 3. The van der Waals surface area contributed by atoms with Crippen molar-refractivity contribution in [1.82, 2.24) is 0 Å². The second-order valence-electron chi connectivity index (χ2n) is 4.08. The maximum Gasteiger partial charge on any atom is 0.350 e. The van der Waals surface area contributed by atoms with Gasteiger partial charge in [-0.05, 0) is 32.0 Å². The molecule has 0 saturated carbocycles. The van der Waals surface area contributed by atoms with Gasteiger partial charge in [-0.1, -0.05) is 0 Å². The maximum atomic E-state index is 11.9. The van der Waals surface area contributed by atoms with Gasteiger partial charge >= 0.3 is 12.0 Å². The fourth-order valence-electron chi connectivity index (χ4n) is 1.62. The molecular formula is C13H14N2O3S2. The summed E-state index contributed by atoms with van der Waals surface area (Å²) in [6.45, 7) is 3.83. The number of ether oxygens (including phenoxy) is 1. The normalized spacial score (nSPS) is 10.2. The van der Waals surface area contributed by atoms with E-state index in [0.29, 0.717) is 10.6 Å². The molecule has 0 fully saturated rings. The molecule has 2 aromatic heterocycles. The van der Waals surface area contributed by atoms with E-state index in [9.17, 15) is 9.59 Å². The average Bonchev–Trinajstić information content (AvgIpc) is 2.94. The number of esters is 1. The number of urea groups is 1. The molecule has 2 amide bonds. The van der Waals surface area contributed by atoms with Crippen LogP contribution in [0.15, 0.2) is 18.2 Å². The van der Waals surface area contributed by atoms with Crippen LogP contribution in [0.25, 0.3) is 0 Å². The Morgan fingerprint density at radius 2 is 1.85 bits per heavy atom. The molecule has 2 heterocycles. The molecule has 0 radical (unpaired) electrons. The van der Waals surface area contributed by atoms with E-state index in [2.05, 4.69) is 10.6 Å². The Morgan fingerprint density at radius 1 is 1.10 bits per heavy atom. The minimum Gasteiger partial charge on any atom is -0.465 e. The third-order valence-electron chi connectivity index (χ3n) is 2.45. The number of amides is 2. The zero-order valence-corrected chi connectivity index (χ0v) is 12.9. The first-order valence-electron chi connectivity index (χ1n) is 5.83. The molecule has 0 bridgehead atoms. The minimum atomic E-state index is -0.453. The first kappa shape index (κ1) is 14.5. The summed E-state index contributed by atoms with van der Waals surface area (Å²) in [5.74, 6) is -0.453. The van der Waals surface area contributed by atoms with Gasteiger partial charge in [-0.15, -0.1) is 22.7 Å². The lowest BCUT2D eigenvalue weighted by Crippen LogP contribution is -2.19. The van der Waals surface area contributed by atoms with E-state index in [1.54, 1.807) is 6.07 Å². The molecule has 0 aliphatic heterocycles. The fourth-order valence-corrected chi connectivity index (χ4v) is 3.27. The Hall–Kier alpha value is -1.86. The van der Waals surface area contributed by atoms with Gasteiger partial charge in [-0.3, -0.25) is 5.32 Å². The van der Waals surface area contributed by atoms with E-state index in [1.807, 2.05) is 26.0 Å². The van der Waals surface area contributed by atoms with E-state index in [-0.39, 0.29) is 6.03 Å². The van der Waals surface area contributed by atoms with Gasteiger partial charge in [0.1, 0.15) is 4.88 Å². The van der Waals surface area contributed by atoms with Crippen LogP contribution in [0.4, 0.5) is 15.5 Å². The highest BCUT2D eigenvalue weighted by molar-refractivity contribution is 7.16. The van der Waals surface area contributed by atoms with Gasteiger partial charge in [0.15, 0.2) is 0 Å². The standard InChI is InChI=1S/C13H14N2O3S2/c1-7-4-5-10(19-7)15-13(17)14-9-6-8(2)20-11(9)12(16)18-3/h4-6H,1-3H3,(H2,14,15,17). The Kier molecular flexibility index (Phi) is 4.41. The molecule has 0 aromatic carbocycles. The number of methoxy groups -OCH3 is 1. The molecule has 0 atom stereocenters. The van der Waals surface area contributed by atoms with Crippen LogP contribution in [0.2, 0.25) is 0 Å². The third-order valence-corrected chi connectivity index (χ3v) is 4.40. The van der Waals surface area contributed by atoms with E-state index in [0.717, 1.165) is 14.8 Å². The number of carbonyl (C=O) groups is 2. The molecule has 106 valence electrons. The predicted molar refractivity (Wildman–Crippen MR) is 82.1 cm³/mol. The summed E-state index contributed by atoms with van der Waals surface area (Å²) in [4.78, 5) is 25.9. The molecule has 0 aliphatic rings. The van der Waals surface area contributed by atoms with Crippen LogP contribution in [-0.2, 0) is 4.74 Å². The van der Waals surface area contributed by atoms with E-state index >= 15 is 0 Å². The summed E-state index contributed by atoms with van der Waals surface area (Å²) in [6, 6.07) is 5.12. The molecule has 2 rings (SSSR count). The van der Waals surface area contributed by atoms with Gasteiger partial charge in [0.05, 0.1) is 17.8 Å². The first-order valence-corrected chi connectivity index (χ1v) is 7.46. The van der Waals surface area contributed by atoms with Gasteiger partial charge in [0.25, 0.3) is 0 Å². The van der Waals surface area contributed by atoms with Crippen molar-refractivity contribution in [2.24, 2.45) is 0 Å². The van der Waals surface area contributed by atoms with Crippen molar-refractivity contribution in [2.75, 3.05) is 17.7 Å². The topological polar surface area (TPSA) is 67.4 Å². The lowest BCUT2D eigenvalue weighted by Gasteiger charge is -2.06. The summed E-state index contributed by atoms with van der Waals surface area (Å²) >= 11 is 2.77. The Bertz CT molecular complexity index is 646. The molecule has 7 heteroatoms. The number of carbonyl (C=O) groups excluding carboxylic acids is 2. The largest absolute Gasteiger partial charge is 0.465 e. The van der Waals surface area contributed by atoms with E-state index in [1.165, 1.54) is 29.8 Å². The molecule has 0 spiro atoms. The van der Waals surface area contributed by atoms with Crippen molar-refractivity contribution in [1.29, 1.82) is 0 Å². The van der Waals surface area contributed by atoms with Crippen LogP contribution in [0.1, 0.15) is 19.4 Å². The third kappa shape index (κ3) is 3.37. The van der Waals surface area contributed by atoms with Crippen molar-refractivity contribution in [3.05, 3.63) is 32.8 Å². The van der Waals surface area contributed by atoms with Crippen LogP contribution in [0, 0.1) is 13.8 Å². The predicted octanol–water partition coefficient (Wildman–Crippen LogP) is 3.86. The van der Waals surface area contributed by atoms with Crippen molar-refractivity contribution >= 4 is 45.4 Å². The number of aryl methyl sites for hydroxylation is 2. The molecule has 2 N–H and O–H groups in total. The monoisotopic (exact) mass is 310 g/mol. The van der Waals surface area contributed by atoms with Gasteiger partial charge in [-0.25, -0.2) is 9.59 Å². The van der Waals surface area contributed by atoms with Crippen molar-refractivity contribution in [3.63, 3.8) is 0 Å². The molecule has 20 heavy (non-hydrogen) atoms. The number of thiophene rings is 2. The highest BCUT2D eigenvalue weighted by atomic mass is 32.1. The average molecular weight is 310 g/mol. The summed E-state index contributed by atoms with van der Waals surface area (Å²) in [5, 5.41) is 6.15. The van der Waals surface area contributed by atoms with Crippen LogP contribution in [-0.4, -0.2) is 19.1 Å². The fraction of sp³-hybridized carbons (Fsp3) is 0.231. The zero-order chi connectivity index (χ0) is 14.7. The van der Waals surface area contributed by atoms with Crippen LogP contribution in [0.5, 0.6) is 0 Å². The lowest BCUT2D eigenvalue weighted by atomic mass is 10.3. The van der Waals surface area contributed by atoms with Gasteiger partial charge in [0.2, 0.25) is 0 Å². The van der Waals surface area contributed by atoms with E-state index in [4.69, 9.17) is 4.74 Å². The van der Waals surface area contributed by atoms with Crippen molar-refractivity contribution < 1.29 is 14.3 Å².